The van der Waals surface area contributed by atoms with E-state index < -0.39 is 0 Å². The Morgan fingerprint density at radius 1 is 1.19 bits per heavy atom. The quantitative estimate of drug-likeness (QED) is 0.235. The first-order valence-electron chi connectivity index (χ1n) is 11.1. The fourth-order valence-corrected chi connectivity index (χ4v) is 4.52. The average molecular weight is 649 g/mol. The molecule has 0 aliphatic carbocycles. The van der Waals surface area contributed by atoms with Gasteiger partial charge in [0.25, 0.3) is 11.5 Å². The van der Waals surface area contributed by atoms with Gasteiger partial charge >= 0.3 is 0 Å². The summed E-state index contributed by atoms with van der Waals surface area (Å²) in [5, 5.41) is 7.78. The summed E-state index contributed by atoms with van der Waals surface area (Å²) in [5.41, 5.74) is 1.49. The van der Waals surface area contributed by atoms with Gasteiger partial charge in [-0.05, 0) is 52.3 Å². The molecule has 4 rings (SSSR count). The lowest BCUT2D eigenvalue weighted by Crippen LogP contribution is -2.22. The molecular weight excluding hydrogens is 628 g/mol. The fraction of sp³-hybridized carbons (Fsp3) is 0.154. The van der Waals surface area contributed by atoms with E-state index in [-0.39, 0.29) is 28.8 Å². The molecule has 0 fully saturated rings. The third-order valence-corrected chi connectivity index (χ3v) is 7.22. The summed E-state index contributed by atoms with van der Waals surface area (Å²) in [5.74, 6) is 0.647. The molecule has 1 aromatic heterocycles. The molecule has 37 heavy (non-hydrogen) atoms. The predicted octanol–water partition coefficient (Wildman–Crippen LogP) is 6.05. The van der Waals surface area contributed by atoms with Crippen LogP contribution in [-0.2, 0) is 11.2 Å². The fourth-order valence-electron chi connectivity index (χ4n) is 3.50. The van der Waals surface area contributed by atoms with Crippen molar-refractivity contribution < 1.29 is 14.3 Å². The summed E-state index contributed by atoms with van der Waals surface area (Å²) >= 11 is 13.4. The van der Waals surface area contributed by atoms with E-state index in [1.165, 1.54) is 18.0 Å². The highest BCUT2D eigenvalue weighted by Crippen LogP contribution is 2.42. The number of nitrogens with zero attached hydrogens (tertiary/aromatic N) is 3. The van der Waals surface area contributed by atoms with Gasteiger partial charge in [-0.2, -0.15) is 9.78 Å². The largest absolute Gasteiger partial charge is 0.493 e. The van der Waals surface area contributed by atoms with Crippen LogP contribution in [0.15, 0.2) is 73.4 Å². The van der Waals surface area contributed by atoms with Crippen LogP contribution in [0.1, 0.15) is 18.3 Å². The van der Waals surface area contributed by atoms with Gasteiger partial charge < -0.3 is 14.8 Å². The zero-order chi connectivity index (χ0) is 26.5. The van der Waals surface area contributed by atoms with Crippen molar-refractivity contribution in [3.63, 3.8) is 0 Å². The molecule has 0 saturated heterocycles. The third-order valence-electron chi connectivity index (χ3n) is 5.28. The van der Waals surface area contributed by atoms with Crippen molar-refractivity contribution in [1.29, 1.82) is 0 Å². The van der Waals surface area contributed by atoms with Gasteiger partial charge in [-0.3, -0.25) is 9.59 Å². The van der Waals surface area contributed by atoms with Crippen molar-refractivity contribution in [3.05, 3.63) is 90.3 Å². The van der Waals surface area contributed by atoms with Crippen LogP contribution < -0.4 is 20.3 Å². The molecule has 0 aliphatic rings. The highest BCUT2D eigenvalue weighted by Gasteiger charge is 2.18. The molecule has 0 bridgehead atoms. The minimum Gasteiger partial charge on any atom is -0.493 e. The van der Waals surface area contributed by atoms with E-state index >= 15 is 0 Å². The van der Waals surface area contributed by atoms with Gasteiger partial charge in [0.1, 0.15) is 10.8 Å². The zero-order valence-corrected chi connectivity index (χ0v) is 23.7. The van der Waals surface area contributed by atoms with Crippen LogP contribution in [0, 0.1) is 0 Å². The van der Waals surface area contributed by atoms with Crippen LogP contribution in [0.25, 0.3) is 10.9 Å². The predicted molar refractivity (Wildman–Crippen MR) is 152 cm³/mol. The highest BCUT2D eigenvalue weighted by molar-refractivity contribution is 9.10. The molecule has 0 spiro atoms. The molecule has 0 radical (unpaired) electrons. The molecule has 11 heteroatoms. The molecule has 8 nitrogen and oxygen atoms in total. The van der Waals surface area contributed by atoms with Crippen molar-refractivity contribution in [2.45, 2.75) is 13.3 Å². The van der Waals surface area contributed by atoms with Crippen LogP contribution in [0.4, 0.5) is 5.69 Å². The highest BCUT2D eigenvalue weighted by atomic mass is 79.9. The maximum Gasteiger partial charge on any atom is 0.282 e. The molecular formula is C26H21Br2ClN4O4. The number of amides is 1. The molecule has 3 aromatic carbocycles. The van der Waals surface area contributed by atoms with E-state index in [0.29, 0.717) is 44.6 Å². The smallest absolute Gasteiger partial charge is 0.282 e. The summed E-state index contributed by atoms with van der Waals surface area (Å²) < 4.78 is 13.6. The number of aromatic nitrogens is 2. The minimum absolute atomic E-state index is 0.192. The summed E-state index contributed by atoms with van der Waals surface area (Å²) in [6.45, 7) is 1.62. The Hall–Kier alpha value is -3.21. The molecule has 0 aliphatic heterocycles. The van der Waals surface area contributed by atoms with Gasteiger partial charge in [0.15, 0.2) is 18.1 Å². The van der Waals surface area contributed by atoms with E-state index in [4.69, 9.17) is 21.1 Å². The number of carbonyl (C=O) groups is 1. The Bertz CT molecular complexity index is 1560. The van der Waals surface area contributed by atoms with E-state index in [2.05, 4.69) is 47.3 Å². The van der Waals surface area contributed by atoms with Crippen molar-refractivity contribution in [2.75, 3.05) is 19.0 Å². The average Bonchev–Trinajstić information content (AvgIpc) is 2.90. The van der Waals surface area contributed by atoms with Crippen molar-refractivity contribution in [1.82, 2.24) is 9.66 Å². The number of halogens is 3. The summed E-state index contributed by atoms with van der Waals surface area (Å²) in [6.07, 6.45) is 1.98. The zero-order valence-electron chi connectivity index (χ0n) is 19.8. The van der Waals surface area contributed by atoms with E-state index in [9.17, 15) is 9.59 Å². The van der Waals surface area contributed by atoms with Gasteiger partial charge in [0, 0.05) is 26.6 Å². The lowest BCUT2D eigenvalue weighted by atomic mass is 10.2. The van der Waals surface area contributed by atoms with Gasteiger partial charge in [-0.15, -0.1) is 0 Å². The standard InChI is InChI=1S/C26H21Br2ClN4O4/c1-3-21-32-19-10-9-16(27)12-18(19)26(35)33(21)30-13-15-11-20(36-2)25(24(29)23(15)28)37-14-22(34)31-17-7-5-4-6-8-17/h4-13H,3,14H2,1-2H3,(H,31,34). The van der Waals surface area contributed by atoms with Crippen LogP contribution in [0.2, 0.25) is 5.02 Å². The number of aryl methyl sites for hydroxylation is 1. The van der Waals surface area contributed by atoms with Crippen molar-refractivity contribution >= 4 is 72.2 Å². The second-order valence-corrected chi connectivity index (χ2v) is 9.82. The molecule has 1 N–H and O–H groups in total. The summed E-state index contributed by atoms with van der Waals surface area (Å²) in [7, 11) is 1.46. The molecule has 0 atom stereocenters. The Morgan fingerprint density at radius 3 is 2.65 bits per heavy atom. The third kappa shape index (κ3) is 6.03. The van der Waals surface area contributed by atoms with Crippen LogP contribution >= 0.6 is 43.5 Å². The maximum atomic E-state index is 13.2. The van der Waals surface area contributed by atoms with Crippen molar-refractivity contribution in [3.8, 4) is 11.5 Å². The molecule has 0 unspecified atom stereocenters. The van der Waals surface area contributed by atoms with Gasteiger partial charge in [-0.25, -0.2) is 4.98 Å². The number of anilines is 1. The van der Waals surface area contributed by atoms with Crippen LogP contribution in [0.5, 0.6) is 11.5 Å². The first kappa shape index (κ1) is 26.8. The molecule has 1 heterocycles. The first-order chi connectivity index (χ1) is 17.8. The number of para-hydroxylation sites is 1. The Kier molecular flexibility index (Phi) is 8.63. The maximum absolute atomic E-state index is 13.2. The van der Waals surface area contributed by atoms with Crippen LogP contribution in [0.3, 0.4) is 0 Å². The number of benzene rings is 3. The Labute approximate surface area is 234 Å². The number of nitrogens with one attached hydrogen (secondary N) is 1. The number of carbonyl (C=O) groups excluding carboxylic acids is 1. The second kappa shape index (κ2) is 11.9. The Morgan fingerprint density at radius 2 is 1.95 bits per heavy atom. The number of ether oxygens (including phenoxy) is 2. The topological polar surface area (TPSA) is 94.8 Å². The summed E-state index contributed by atoms with van der Waals surface area (Å²) in [4.78, 5) is 30.1. The Balaban J connectivity index is 1.63. The van der Waals surface area contributed by atoms with E-state index in [0.717, 1.165) is 4.47 Å². The monoisotopic (exact) mass is 646 g/mol. The van der Waals surface area contributed by atoms with E-state index in [1.54, 1.807) is 30.3 Å². The number of hydrogen-bond acceptors (Lipinski definition) is 6. The number of methoxy groups -OCH3 is 1. The SMILES string of the molecule is CCc1nc2ccc(Br)cc2c(=O)n1N=Cc1cc(OC)c(OCC(=O)Nc2ccccc2)c(Cl)c1Br. The van der Waals surface area contributed by atoms with Crippen molar-refractivity contribution in [2.24, 2.45) is 5.10 Å². The first-order valence-corrected chi connectivity index (χ1v) is 13.1. The molecule has 4 aromatic rings. The molecule has 190 valence electrons. The summed E-state index contributed by atoms with van der Waals surface area (Å²) in [6, 6.07) is 16.0. The number of hydrogen-bond donors (Lipinski definition) is 1. The molecule has 0 saturated carbocycles. The van der Waals surface area contributed by atoms with Gasteiger partial charge in [0.05, 0.1) is 24.2 Å². The normalized spacial score (nSPS) is 11.2. The number of rotatable bonds is 8. The number of fused-ring (bicyclic) bond motifs is 1. The van der Waals surface area contributed by atoms with Gasteiger partial charge in [0.2, 0.25) is 0 Å². The lowest BCUT2D eigenvalue weighted by molar-refractivity contribution is -0.118. The van der Waals surface area contributed by atoms with Crippen LogP contribution in [-0.4, -0.2) is 35.5 Å². The van der Waals surface area contributed by atoms with Gasteiger partial charge in [-0.1, -0.05) is 52.7 Å². The second-order valence-electron chi connectivity index (χ2n) is 7.73. The molecule has 1 amide bonds. The lowest BCUT2D eigenvalue weighted by Gasteiger charge is -2.15. The minimum atomic E-state index is -0.354. The van der Waals surface area contributed by atoms with E-state index in [1.807, 2.05) is 31.2 Å².